The highest BCUT2D eigenvalue weighted by Crippen LogP contribution is 2.34. The normalized spacial score (nSPS) is 18.3. The van der Waals surface area contributed by atoms with Gasteiger partial charge in [-0.2, -0.15) is 4.98 Å². The molecule has 4 aliphatic heterocycles. The van der Waals surface area contributed by atoms with Crippen molar-refractivity contribution in [2.45, 2.75) is 57.5 Å². The number of rotatable bonds is 14. The second kappa shape index (κ2) is 18.9. The molecular formula is C46H51FN12O5. The third kappa shape index (κ3) is 9.57. The molecule has 9 rings (SSSR count). The predicted molar refractivity (Wildman–Crippen MR) is 240 cm³/mol. The molecule has 5 N–H and O–H groups in total. The molecule has 7 heterocycles. The van der Waals surface area contributed by atoms with E-state index in [-0.39, 0.29) is 55.4 Å². The van der Waals surface area contributed by atoms with Crippen LogP contribution in [0.4, 0.5) is 44.9 Å². The first-order valence-corrected chi connectivity index (χ1v) is 22.0. The molecular weight excluding hydrogens is 820 g/mol. The van der Waals surface area contributed by atoms with Crippen LogP contribution in [0.3, 0.4) is 0 Å². The van der Waals surface area contributed by atoms with Gasteiger partial charge in [-0.1, -0.05) is 6.07 Å². The molecule has 3 saturated heterocycles. The lowest BCUT2D eigenvalue weighted by molar-refractivity contribution is -0.137. The number of halogens is 1. The molecule has 0 saturated carbocycles. The summed E-state index contributed by atoms with van der Waals surface area (Å²) in [6.45, 7) is 6.24. The standard InChI is InChI=1S/C46H51FN12O5/c47-30-7-9-31(10-8-30)50-46-52-37-26-49-40(24-34(37)43(55-46)58-18-15-29(28-60)16-19-58)53-39-13-11-32(25-48-39)57-22-20-56(21-23-57)17-2-1-6-41(61)51-36-5-3-4-33-35(36)27-59(45(33)64)38-12-14-42(62)54-44(38)63/h3-5,7-11,13,24-26,29,38,60H,1-2,6,12,14-23,27-28H2,(H,51,61)(H,48,49,53)(H,50,52,55)(H,54,62,63). The van der Waals surface area contributed by atoms with E-state index < -0.39 is 11.9 Å². The number of nitrogens with zero attached hydrogens (tertiary/aromatic N) is 8. The number of anilines is 7. The van der Waals surface area contributed by atoms with Gasteiger partial charge in [0.15, 0.2) is 0 Å². The van der Waals surface area contributed by atoms with Gasteiger partial charge < -0.3 is 35.8 Å². The molecule has 0 radical (unpaired) electrons. The molecule has 3 aromatic heterocycles. The Kier molecular flexibility index (Phi) is 12.6. The van der Waals surface area contributed by atoms with Crippen LogP contribution in [0.1, 0.15) is 60.9 Å². The number of aromatic nitrogens is 4. The van der Waals surface area contributed by atoms with Gasteiger partial charge >= 0.3 is 0 Å². The summed E-state index contributed by atoms with van der Waals surface area (Å²) in [5.74, 6) is 1.16. The number of imide groups is 1. The Morgan fingerprint density at radius 3 is 2.39 bits per heavy atom. The summed E-state index contributed by atoms with van der Waals surface area (Å²) >= 11 is 0. The van der Waals surface area contributed by atoms with E-state index in [9.17, 15) is 28.7 Å². The Bertz CT molecular complexity index is 2530. The van der Waals surface area contributed by atoms with Crippen molar-refractivity contribution in [3.63, 3.8) is 0 Å². The van der Waals surface area contributed by atoms with Crippen molar-refractivity contribution in [1.29, 1.82) is 0 Å². The molecule has 332 valence electrons. The van der Waals surface area contributed by atoms with Gasteiger partial charge in [-0.15, -0.1) is 0 Å². The minimum atomic E-state index is -0.710. The second-order valence-corrected chi connectivity index (χ2v) is 16.8. The highest BCUT2D eigenvalue weighted by molar-refractivity contribution is 6.07. The summed E-state index contributed by atoms with van der Waals surface area (Å²) < 4.78 is 13.6. The van der Waals surface area contributed by atoms with Crippen molar-refractivity contribution in [3.8, 4) is 0 Å². The number of unbranched alkanes of at least 4 members (excludes halogenated alkanes) is 1. The number of hydrogen-bond donors (Lipinski definition) is 5. The van der Waals surface area contributed by atoms with E-state index in [1.165, 1.54) is 17.0 Å². The van der Waals surface area contributed by atoms with Crippen molar-refractivity contribution < 1.29 is 28.7 Å². The SMILES string of the molecule is O=C1CCC(N2Cc3c(NC(=O)CCCCN4CCN(c5ccc(Nc6cc7c(N8CCC(CO)CC8)nc(Nc8ccc(F)cc8)nc7cn6)nc5)CC4)cccc3C2=O)C(=O)N1. The van der Waals surface area contributed by atoms with E-state index in [1.807, 2.05) is 18.3 Å². The lowest BCUT2D eigenvalue weighted by Crippen LogP contribution is -2.52. The lowest BCUT2D eigenvalue weighted by atomic mass is 9.98. The van der Waals surface area contributed by atoms with E-state index in [4.69, 9.17) is 15.0 Å². The summed E-state index contributed by atoms with van der Waals surface area (Å²) in [5, 5.41) is 22.4. The van der Waals surface area contributed by atoms with E-state index in [1.54, 1.807) is 36.5 Å². The van der Waals surface area contributed by atoms with E-state index >= 15 is 0 Å². The quantitative estimate of drug-likeness (QED) is 0.0742. The van der Waals surface area contributed by atoms with Gasteiger partial charge in [0.2, 0.25) is 23.7 Å². The third-order valence-electron chi connectivity index (χ3n) is 12.6. The molecule has 4 aliphatic rings. The smallest absolute Gasteiger partial charge is 0.255 e. The van der Waals surface area contributed by atoms with Crippen LogP contribution in [0.25, 0.3) is 10.9 Å². The molecule has 2 aromatic carbocycles. The lowest BCUT2D eigenvalue weighted by Gasteiger charge is -2.36. The van der Waals surface area contributed by atoms with Gasteiger partial charge in [0.05, 0.1) is 23.6 Å². The zero-order valence-electron chi connectivity index (χ0n) is 35.4. The Labute approximate surface area is 369 Å². The van der Waals surface area contributed by atoms with Crippen LogP contribution in [0.5, 0.6) is 0 Å². The first kappa shape index (κ1) is 42.5. The van der Waals surface area contributed by atoms with Gasteiger partial charge in [-0.05, 0) is 99.2 Å². The van der Waals surface area contributed by atoms with Gasteiger partial charge in [0.25, 0.3) is 5.91 Å². The van der Waals surface area contributed by atoms with E-state index in [2.05, 4.69) is 47.0 Å². The molecule has 18 heteroatoms. The van der Waals surface area contributed by atoms with Crippen LogP contribution in [0.2, 0.25) is 0 Å². The number of hydrogen-bond acceptors (Lipinski definition) is 14. The number of nitrogens with one attached hydrogen (secondary N) is 4. The molecule has 3 fully saturated rings. The molecule has 0 aliphatic carbocycles. The highest BCUT2D eigenvalue weighted by atomic mass is 19.1. The average molecular weight is 871 g/mol. The summed E-state index contributed by atoms with van der Waals surface area (Å²) in [6, 6.07) is 16.5. The summed E-state index contributed by atoms with van der Waals surface area (Å²) in [6.07, 6.45) is 7.70. The Balaban J connectivity index is 0.747. The number of piperidine rings is 2. The summed E-state index contributed by atoms with van der Waals surface area (Å²) in [7, 11) is 0. The largest absolute Gasteiger partial charge is 0.396 e. The van der Waals surface area contributed by atoms with Crippen molar-refractivity contribution in [2.24, 2.45) is 5.92 Å². The zero-order chi connectivity index (χ0) is 44.2. The van der Waals surface area contributed by atoms with Crippen LogP contribution < -0.4 is 31.1 Å². The van der Waals surface area contributed by atoms with Crippen molar-refractivity contribution >= 4 is 75.0 Å². The monoisotopic (exact) mass is 870 g/mol. The predicted octanol–water partition coefficient (Wildman–Crippen LogP) is 4.95. The number of carbonyl (C=O) groups excluding carboxylic acids is 4. The second-order valence-electron chi connectivity index (χ2n) is 16.8. The van der Waals surface area contributed by atoms with Crippen molar-refractivity contribution in [2.75, 3.05) is 78.2 Å². The van der Waals surface area contributed by atoms with E-state index in [0.717, 1.165) is 88.4 Å². The van der Waals surface area contributed by atoms with Crippen molar-refractivity contribution in [1.82, 2.24) is 35.1 Å². The highest BCUT2D eigenvalue weighted by Gasteiger charge is 2.40. The van der Waals surface area contributed by atoms with Crippen LogP contribution >= 0.6 is 0 Å². The number of aliphatic hydroxyl groups is 1. The molecule has 5 aromatic rings. The molecule has 64 heavy (non-hydrogen) atoms. The first-order valence-electron chi connectivity index (χ1n) is 22.0. The average Bonchev–Trinajstić information content (AvgIpc) is 3.65. The van der Waals surface area contributed by atoms with Crippen LogP contribution in [-0.4, -0.2) is 117 Å². The number of carbonyl (C=O) groups is 4. The minimum absolute atomic E-state index is 0.119. The van der Waals surface area contributed by atoms with Gasteiger partial charge in [-0.25, -0.2) is 19.3 Å². The Morgan fingerprint density at radius 2 is 1.64 bits per heavy atom. The fourth-order valence-electron chi connectivity index (χ4n) is 8.92. The molecule has 0 bridgehead atoms. The molecule has 1 unspecified atom stereocenters. The van der Waals surface area contributed by atoms with Gasteiger partial charge in [0.1, 0.15) is 29.3 Å². The number of pyridine rings is 2. The van der Waals surface area contributed by atoms with Gasteiger partial charge in [0, 0.05) is 93.1 Å². The summed E-state index contributed by atoms with van der Waals surface area (Å²) in [5.41, 5.74) is 4.10. The molecule has 0 spiro atoms. The topological polar surface area (TPSA) is 201 Å². The Morgan fingerprint density at radius 1 is 0.844 bits per heavy atom. The number of amides is 4. The number of piperazine rings is 1. The molecule has 1 atom stereocenters. The zero-order valence-corrected chi connectivity index (χ0v) is 35.4. The van der Waals surface area contributed by atoms with Gasteiger partial charge in [-0.3, -0.25) is 29.4 Å². The molecule has 17 nitrogen and oxygen atoms in total. The Hall–Kier alpha value is -6.79. The third-order valence-corrected chi connectivity index (χ3v) is 12.6. The summed E-state index contributed by atoms with van der Waals surface area (Å²) in [4.78, 5) is 77.7. The first-order chi connectivity index (χ1) is 31.2. The van der Waals surface area contributed by atoms with Crippen LogP contribution in [0, 0.1) is 11.7 Å². The van der Waals surface area contributed by atoms with Crippen LogP contribution in [0.15, 0.2) is 73.1 Å². The fourth-order valence-corrected chi connectivity index (χ4v) is 8.92. The maximum absolute atomic E-state index is 13.6. The van der Waals surface area contributed by atoms with Crippen molar-refractivity contribution in [3.05, 3.63) is 90.0 Å². The van der Waals surface area contributed by atoms with Crippen LogP contribution in [-0.2, 0) is 20.9 Å². The maximum atomic E-state index is 13.6. The number of fused-ring (bicyclic) bond motifs is 2. The number of aliphatic hydroxyl groups excluding tert-OH is 1. The maximum Gasteiger partial charge on any atom is 0.255 e. The van der Waals surface area contributed by atoms with E-state index in [0.29, 0.717) is 52.0 Å². The number of benzene rings is 2. The minimum Gasteiger partial charge on any atom is -0.396 e. The molecule has 4 amide bonds. The fraction of sp³-hybridized carbons (Fsp3) is 0.391.